The van der Waals surface area contributed by atoms with Gasteiger partial charge in [-0.2, -0.15) is 0 Å². The molecule has 0 saturated heterocycles. The lowest BCUT2D eigenvalue weighted by molar-refractivity contribution is 0.0606. The van der Waals surface area contributed by atoms with Gasteiger partial charge < -0.3 is 9.47 Å². The van der Waals surface area contributed by atoms with Crippen LogP contribution in [0, 0.1) is 0 Å². The average Bonchev–Trinajstić information content (AvgIpc) is 2.73. The summed E-state index contributed by atoms with van der Waals surface area (Å²) in [5, 5.41) is 1.90. The summed E-state index contributed by atoms with van der Waals surface area (Å²) in [6.45, 7) is 0. The van der Waals surface area contributed by atoms with Gasteiger partial charge in [-0.1, -0.05) is 27.5 Å². The third kappa shape index (κ3) is 2.22. The molecule has 1 heterocycles. The minimum Gasteiger partial charge on any atom is -0.496 e. The van der Waals surface area contributed by atoms with Gasteiger partial charge >= 0.3 is 5.97 Å². The highest BCUT2D eigenvalue weighted by molar-refractivity contribution is 9.08. The van der Waals surface area contributed by atoms with Crippen LogP contribution in [0.2, 0.25) is 5.02 Å². The molecule has 0 saturated carbocycles. The Hall–Kier alpha value is -0.780. The Bertz CT molecular complexity index is 609. The lowest BCUT2D eigenvalue weighted by Crippen LogP contribution is -1.97. The summed E-state index contributed by atoms with van der Waals surface area (Å²) in [5.74, 6) is 0.330. The first-order valence-electron chi connectivity index (χ1n) is 5.05. The molecule has 1 aromatic carbocycles. The molecule has 0 spiro atoms. The third-order valence-corrected chi connectivity index (χ3v) is 4.79. The number of benzene rings is 1. The monoisotopic (exact) mass is 348 g/mol. The van der Waals surface area contributed by atoms with Gasteiger partial charge in [0, 0.05) is 21.0 Å². The number of fused-ring (bicyclic) bond motifs is 1. The number of hydrogen-bond acceptors (Lipinski definition) is 4. The summed E-state index contributed by atoms with van der Waals surface area (Å²) in [6.07, 6.45) is 0. The highest BCUT2D eigenvalue weighted by atomic mass is 79.9. The SMILES string of the molecule is COC(=O)c1sc2cc(CBr)c(OC)cc2c1Cl. The molecule has 0 aliphatic carbocycles. The molecule has 0 N–H and O–H groups in total. The van der Waals surface area contributed by atoms with Gasteiger partial charge in [0.2, 0.25) is 0 Å². The van der Waals surface area contributed by atoms with E-state index < -0.39 is 5.97 Å². The maximum absolute atomic E-state index is 11.6. The van der Waals surface area contributed by atoms with Gasteiger partial charge in [0.05, 0.1) is 19.2 Å². The Balaban J connectivity index is 2.69. The maximum Gasteiger partial charge on any atom is 0.349 e. The van der Waals surface area contributed by atoms with E-state index >= 15 is 0 Å². The standard InChI is InChI=1S/C12H10BrClO3S/c1-16-8-4-7-9(3-6(8)5-13)18-11(10(7)14)12(15)17-2/h3-4H,5H2,1-2H3. The number of halogens is 2. The van der Waals surface area contributed by atoms with Crippen molar-refractivity contribution in [3.05, 3.63) is 27.6 Å². The van der Waals surface area contributed by atoms with Crippen LogP contribution >= 0.6 is 38.9 Å². The zero-order valence-electron chi connectivity index (χ0n) is 9.75. The molecule has 0 radical (unpaired) electrons. The zero-order valence-corrected chi connectivity index (χ0v) is 12.9. The molecular weight excluding hydrogens is 340 g/mol. The number of methoxy groups -OCH3 is 2. The van der Waals surface area contributed by atoms with Crippen LogP contribution in [0.4, 0.5) is 0 Å². The van der Waals surface area contributed by atoms with E-state index in [9.17, 15) is 4.79 Å². The molecule has 18 heavy (non-hydrogen) atoms. The van der Waals surface area contributed by atoms with E-state index in [0.29, 0.717) is 15.2 Å². The number of thiophene rings is 1. The number of carbonyl (C=O) groups excluding carboxylic acids is 1. The predicted molar refractivity (Wildman–Crippen MR) is 77.4 cm³/mol. The predicted octanol–water partition coefficient (Wildman–Crippen LogP) is 4.24. The molecule has 0 aliphatic rings. The molecular formula is C12H10BrClO3S. The van der Waals surface area contributed by atoms with Crippen molar-refractivity contribution in [2.45, 2.75) is 5.33 Å². The Morgan fingerprint density at radius 3 is 2.72 bits per heavy atom. The minimum atomic E-state index is -0.416. The Kier molecular flexibility index (Phi) is 4.14. The molecule has 96 valence electrons. The van der Waals surface area contributed by atoms with Crippen LogP contribution in [0.25, 0.3) is 10.1 Å². The molecule has 0 bridgehead atoms. The lowest BCUT2D eigenvalue weighted by atomic mass is 10.1. The van der Waals surface area contributed by atoms with Gasteiger partial charge in [-0.3, -0.25) is 0 Å². The van der Waals surface area contributed by atoms with Crippen molar-refractivity contribution in [2.24, 2.45) is 0 Å². The van der Waals surface area contributed by atoms with Gasteiger partial charge in [-0.15, -0.1) is 11.3 Å². The highest BCUT2D eigenvalue weighted by Crippen LogP contribution is 2.39. The Labute approximate surface area is 122 Å². The normalized spacial score (nSPS) is 10.7. The molecule has 1 aromatic heterocycles. The van der Waals surface area contributed by atoms with Gasteiger partial charge in [0.15, 0.2) is 0 Å². The number of esters is 1. The number of rotatable bonds is 3. The smallest absolute Gasteiger partial charge is 0.349 e. The molecule has 0 aliphatic heterocycles. The number of carbonyl (C=O) groups is 1. The van der Waals surface area contributed by atoms with Crippen molar-refractivity contribution in [3.8, 4) is 5.75 Å². The van der Waals surface area contributed by atoms with Crippen molar-refractivity contribution >= 4 is 54.9 Å². The molecule has 3 nitrogen and oxygen atoms in total. The van der Waals surface area contributed by atoms with E-state index in [1.54, 1.807) is 7.11 Å². The Morgan fingerprint density at radius 2 is 2.17 bits per heavy atom. The molecule has 0 fully saturated rings. The van der Waals surface area contributed by atoms with E-state index in [4.69, 9.17) is 21.1 Å². The van der Waals surface area contributed by atoms with Crippen molar-refractivity contribution in [1.29, 1.82) is 0 Å². The molecule has 0 unspecified atom stereocenters. The zero-order chi connectivity index (χ0) is 13.3. The van der Waals surface area contributed by atoms with Crippen LogP contribution in [0.5, 0.6) is 5.75 Å². The number of ether oxygens (including phenoxy) is 2. The molecule has 2 aromatic rings. The van der Waals surface area contributed by atoms with E-state index in [1.165, 1.54) is 18.4 Å². The Morgan fingerprint density at radius 1 is 1.44 bits per heavy atom. The van der Waals surface area contributed by atoms with E-state index in [2.05, 4.69) is 15.9 Å². The quantitative estimate of drug-likeness (QED) is 0.614. The first kappa shape index (κ1) is 13.6. The largest absolute Gasteiger partial charge is 0.496 e. The summed E-state index contributed by atoms with van der Waals surface area (Å²) < 4.78 is 10.9. The summed E-state index contributed by atoms with van der Waals surface area (Å²) in [5.41, 5.74) is 1.01. The summed E-state index contributed by atoms with van der Waals surface area (Å²) in [7, 11) is 2.95. The fourth-order valence-electron chi connectivity index (χ4n) is 1.65. The second-order valence-corrected chi connectivity index (χ2v) is 5.52. The van der Waals surface area contributed by atoms with Crippen molar-refractivity contribution < 1.29 is 14.3 Å². The highest BCUT2D eigenvalue weighted by Gasteiger charge is 2.19. The number of hydrogen-bond donors (Lipinski definition) is 0. The van der Waals surface area contributed by atoms with Gasteiger partial charge in [-0.25, -0.2) is 4.79 Å². The molecule has 0 atom stereocenters. The van der Waals surface area contributed by atoms with Crippen molar-refractivity contribution in [1.82, 2.24) is 0 Å². The van der Waals surface area contributed by atoms with Crippen molar-refractivity contribution in [3.63, 3.8) is 0 Å². The summed E-state index contributed by atoms with van der Waals surface area (Å²) in [6, 6.07) is 3.81. The van der Waals surface area contributed by atoms with E-state index in [-0.39, 0.29) is 0 Å². The fourth-order valence-corrected chi connectivity index (χ4v) is 3.56. The van der Waals surface area contributed by atoms with Crippen LogP contribution in [0.15, 0.2) is 12.1 Å². The van der Waals surface area contributed by atoms with Crippen LogP contribution in [0.1, 0.15) is 15.2 Å². The van der Waals surface area contributed by atoms with Crippen LogP contribution < -0.4 is 4.74 Å². The van der Waals surface area contributed by atoms with E-state index in [0.717, 1.165) is 21.4 Å². The molecule has 0 amide bonds. The van der Waals surface area contributed by atoms with Crippen LogP contribution in [-0.4, -0.2) is 20.2 Å². The van der Waals surface area contributed by atoms with Gasteiger partial charge in [0.1, 0.15) is 10.6 Å². The fraction of sp³-hybridized carbons (Fsp3) is 0.250. The lowest BCUT2D eigenvalue weighted by Gasteiger charge is -2.05. The van der Waals surface area contributed by atoms with Crippen LogP contribution in [0.3, 0.4) is 0 Å². The molecule has 2 rings (SSSR count). The maximum atomic E-state index is 11.6. The number of alkyl halides is 1. The average molecular weight is 350 g/mol. The third-order valence-electron chi connectivity index (χ3n) is 2.55. The van der Waals surface area contributed by atoms with E-state index in [1.807, 2.05) is 12.1 Å². The second-order valence-electron chi connectivity index (χ2n) is 3.53. The second kappa shape index (κ2) is 5.47. The van der Waals surface area contributed by atoms with Crippen LogP contribution in [-0.2, 0) is 10.1 Å². The topological polar surface area (TPSA) is 35.5 Å². The van der Waals surface area contributed by atoms with Gasteiger partial charge in [-0.05, 0) is 12.1 Å². The molecule has 6 heteroatoms. The summed E-state index contributed by atoms with van der Waals surface area (Å²) in [4.78, 5) is 12.0. The minimum absolute atomic E-state index is 0.416. The first-order valence-corrected chi connectivity index (χ1v) is 7.37. The van der Waals surface area contributed by atoms with Gasteiger partial charge in [0.25, 0.3) is 0 Å². The first-order chi connectivity index (χ1) is 8.62. The van der Waals surface area contributed by atoms with Crippen molar-refractivity contribution in [2.75, 3.05) is 14.2 Å². The summed E-state index contributed by atoms with van der Waals surface area (Å²) >= 11 is 10.9.